The first kappa shape index (κ1) is 27.6. The molecule has 2 fully saturated rings. The van der Waals surface area contributed by atoms with E-state index in [4.69, 9.17) is 9.47 Å². The lowest BCUT2D eigenvalue weighted by Gasteiger charge is -2.31. The minimum atomic E-state index is -0.696. The van der Waals surface area contributed by atoms with Crippen LogP contribution in [-0.2, 0) is 9.53 Å². The van der Waals surface area contributed by atoms with Crippen molar-refractivity contribution >= 4 is 17.5 Å². The van der Waals surface area contributed by atoms with Gasteiger partial charge in [-0.1, -0.05) is 6.07 Å². The van der Waals surface area contributed by atoms with Crippen LogP contribution in [0.25, 0.3) is 0 Å². The second-order valence-electron chi connectivity index (χ2n) is 9.51. The van der Waals surface area contributed by atoms with Crippen LogP contribution in [0.1, 0.15) is 52.3 Å². The summed E-state index contributed by atoms with van der Waals surface area (Å²) in [6.45, 7) is 5.87. The summed E-state index contributed by atoms with van der Waals surface area (Å²) in [6, 6.07) is 10.1. The van der Waals surface area contributed by atoms with Crippen molar-refractivity contribution in [2.75, 3.05) is 45.8 Å². The number of likely N-dealkylation sites (tertiary alicyclic amines) is 1. The number of hydrogen-bond acceptors (Lipinski definition) is 5. The first-order valence-corrected chi connectivity index (χ1v) is 12.6. The number of aryl methyl sites for hydroxylation is 1. The molecule has 8 heteroatoms. The molecule has 0 bridgehead atoms. The van der Waals surface area contributed by atoms with E-state index in [1.165, 1.54) is 37.1 Å². The second-order valence-corrected chi connectivity index (χ2v) is 9.51. The van der Waals surface area contributed by atoms with Crippen molar-refractivity contribution in [1.29, 1.82) is 0 Å². The molecule has 0 aromatic heterocycles. The number of carbonyl (C=O) groups excluding carboxylic acids is 2. The number of rotatable bonds is 7. The number of benzene rings is 2. The van der Waals surface area contributed by atoms with Crippen LogP contribution in [0.3, 0.4) is 0 Å². The third kappa shape index (κ3) is 8.60. The molecule has 2 N–H and O–H groups in total. The Hall–Kier alpha value is -2.97. The molecular weight excluding hydrogens is 461 g/mol. The molecule has 0 saturated carbocycles. The molecule has 2 saturated heterocycles. The van der Waals surface area contributed by atoms with Crippen LogP contribution in [-0.4, -0.2) is 63.2 Å². The first-order chi connectivity index (χ1) is 17.4. The standard InChI is InChI=1S/C24H30FN3O3.C4H8O.3H2/c1-16-4-9-20(15-22(16)31-3)26-24(30)21(14-17-10-12-28(2)13-11-17)27-23(29)18-5-7-19(25)8-6-18;1-2-4-5-3-1;;;/h4-9,15,17,21H,10-14H2,1-3H3,(H,26,30)(H,27,29);1-4H2;3*1H/t21-;;;;/m0..../s1. The average Bonchev–Trinajstić information content (AvgIpc) is 3.47. The van der Waals surface area contributed by atoms with Crippen LogP contribution in [0.15, 0.2) is 42.5 Å². The van der Waals surface area contributed by atoms with Crippen LogP contribution >= 0.6 is 0 Å². The molecule has 7 nitrogen and oxygen atoms in total. The van der Waals surface area contributed by atoms with Gasteiger partial charge in [-0.05, 0) is 101 Å². The van der Waals surface area contributed by atoms with Gasteiger partial charge in [0.15, 0.2) is 0 Å². The average molecular weight is 506 g/mol. The van der Waals surface area contributed by atoms with Gasteiger partial charge in [0.2, 0.25) is 5.91 Å². The lowest BCUT2D eigenvalue weighted by Crippen LogP contribution is -2.46. The minimum absolute atomic E-state index is 0. The Balaban J connectivity index is 0.00000162. The highest BCUT2D eigenvalue weighted by molar-refractivity contribution is 6.01. The van der Waals surface area contributed by atoms with E-state index in [9.17, 15) is 14.0 Å². The molecule has 2 amide bonds. The Morgan fingerprint density at radius 2 is 1.81 bits per heavy atom. The fourth-order valence-corrected chi connectivity index (χ4v) is 4.34. The first-order valence-electron chi connectivity index (χ1n) is 12.6. The Kier molecular flexibility index (Phi) is 10.7. The fourth-order valence-electron chi connectivity index (χ4n) is 4.34. The Morgan fingerprint density at radius 1 is 1.14 bits per heavy atom. The molecule has 0 unspecified atom stereocenters. The normalized spacial score (nSPS) is 17.0. The van der Waals surface area contributed by atoms with Crippen LogP contribution in [0.4, 0.5) is 10.1 Å². The minimum Gasteiger partial charge on any atom is -0.496 e. The van der Waals surface area contributed by atoms with Gasteiger partial charge in [0, 0.05) is 34.8 Å². The van der Waals surface area contributed by atoms with Crippen molar-refractivity contribution in [2.45, 2.75) is 45.1 Å². The predicted molar refractivity (Wildman–Crippen MR) is 145 cm³/mol. The van der Waals surface area contributed by atoms with Gasteiger partial charge in [-0.15, -0.1) is 0 Å². The summed E-state index contributed by atoms with van der Waals surface area (Å²) in [5, 5.41) is 5.76. The van der Waals surface area contributed by atoms with Crippen LogP contribution in [0.5, 0.6) is 5.75 Å². The number of halogens is 1. The number of ether oxygens (including phenoxy) is 2. The van der Waals surface area contributed by atoms with Crippen LogP contribution in [0, 0.1) is 18.7 Å². The maximum absolute atomic E-state index is 13.2. The van der Waals surface area contributed by atoms with E-state index in [0.29, 0.717) is 29.3 Å². The molecule has 0 aliphatic carbocycles. The Bertz CT molecular complexity index is 994. The number of hydrogen-bond donors (Lipinski definition) is 2. The summed E-state index contributed by atoms with van der Waals surface area (Å²) in [4.78, 5) is 28.1. The van der Waals surface area contributed by atoms with Gasteiger partial charge in [-0.25, -0.2) is 4.39 Å². The van der Waals surface area contributed by atoms with Crippen molar-refractivity contribution in [3.05, 3.63) is 59.4 Å². The number of methoxy groups -OCH3 is 1. The number of amides is 2. The molecule has 1 atom stereocenters. The zero-order chi connectivity index (χ0) is 25.9. The van der Waals surface area contributed by atoms with Gasteiger partial charge in [-0.2, -0.15) is 0 Å². The molecule has 4 rings (SSSR count). The molecule has 0 spiro atoms. The summed E-state index contributed by atoms with van der Waals surface area (Å²) in [7, 11) is 3.67. The molecule has 2 aromatic rings. The van der Waals surface area contributed by atoms with E-state index in [2.05, 4.69) is 22.6 Å². The SMILES string of the molecule is C1CCOC1.COc1cc(NC(=O)[C@H](CC2CCN(C)CC2)NC(=O)c2ccc(F)cc2)ccc1C.[HH].[HH].[HH]. The molecule has 36 heavy (non-hydrogen) atoms. The van der Waals surface area contributed by atoms with Gasteiger partial charge in [0.05, 0.1) is 7.11 Å². The van der Waals surface area contributed by atoms with Crippen LogP contribution in [0.2, 0.25) is 0 Å². The third-order valence-corrected chi connectivity index (χ3v) is 6.64. The topological polar surface area (TPSA) is 79.9 Å². The maximum Gasteiger partial charge on any atom is 0.251 e. The van der Waals surface area contributed by atoms with E-state index in [1.807, 2.05) is 19.1 Å². The fraction of sp³-hybridized carbons (Fsp3) is 0.500. The molecule has 0 radical (unpaired) electrons. The molecule has 2 aliphatic heterocycles. The largest absolute Gasteiger partial charge is 0.496 e. The summed E-state index contributed by atoms with van der Waals surface area (Å²) >= 11 is 0. The van der Waals surface area contributed by atoms with Gasteiger partial charge in [0.1, 0.15) is 17.6 Å². The highest BCUT2D eigenvalue weighted by Crippen LogP contribution is 2.24. The van der Waals surface area contributed by atoms with Crippen LogP contribution < -0.4 is 15.4 Å². The monoisotopic (exact) mass is 505 g/mol. The third-order valence-electron chi connectivity index (χ3n) is 6.64. The summed E-state index contributed by atoms with van der Waals surface area (Å²) in [5.74, 6) is -0.0617. The molecule has 2 heterocycles. The van der Waals surface area contributed by atoms with Gasteiger partial charge < -0.3 is 25.0 Å². The summed E-state index contributed by atoms with van der Waals surface area (Å²) < 4.78 is 23.5. The lowest BCUT2D eigenvalue weighted by molar-refractivity contribution is -0.118. The van der Waals surface area contributed by atoms with Crippen molar-refractivity contribution in [1.82, 2.24) is 10.2 Å². The summed E-state index contributed by atoms with van der Waals surface area (Å²) in [6.07, 6.45) is 5.06. The highest BCUT2D eigenvalue weighted by Gasteiger charge is 2.27. The number of nitrogens with one attached hydrogen (secondary N) is 2. The Morgan fingerprint density at radius 3 is 2.39 bits per heavy atom. The van der Waals surface area contributed by atoms with Crippen molar-refractivity contribution in [3.63, 3.8) is 0 Å². The van der Waals surface area contributed by atoms with Gasteiger partial charge in [0.25, 0.3) is 5.91 Å². The number of carbonyl (C=O) groups is 2. The zero-order valence-corrected chi connectivity index (χ0v) is 21.5. The molecule has 2 aromatic carbocycles. The lowest BCUT2D eigenvalue weighted by atomic mass is 9.90. The summed E-state index contributed by atoms with van der Waals surface area (Å²) in [5.41, 5.74) is 1.89. The van der Waals surface area contributed by atoms with Crippen molar-refractivity contribution < 1.29 is 27.7 Å². The molecule has 2 aliphatic rings. The molecular formula is C28H44FN3O4. The second kappa shape index (κ2) is 13.9. The van der Waals surface area contributed by atoms with E-state index < -0.39 is 17.8 Å². The van der Waals surface area contributed by atoms with E-state index in [1.54, 1.807) is 13.2 Å². The van der Waals surface area contributed by atoms with E-state index in [-0.39, 0.29) is 10.2 Å². The number of nitrogens with zero attached hydrogens (tertiary/aromatic N) is 1. The Labute approximate surface area is 217 Å². The van der Waals surface area contributed by atoms with E-state index in [0.717, 1.165) is 44.7 Å². The van der Waals surface area contributed by atoms with Crippen molar-refractivity contribution in [3.8, 4) is 5.75 Å². The maximum atomic E-state index is 13.2. The highest BCUT2D eigenvalue weighted by atomic mass is 19.1. The number of anilines is 1. The smallest absolute Gasteiger partial charge is 0.251 e. The predicted octanol–water partition coefficient (Wildman–Crippen LogP) is 5.15. The quantitative estimate of drug-likeness (QED) is 0.544. The van der Waals surface area contributed by atoms with Gasteiger partial charge >= 0.3 is 0 Å². The van der Waals surface area contributed by atoms with E-state index >= 15 is 0 Å². The van der Waals surface area contributed by atoms with Crippen molar-refractivity contribution in [2.24, 2.45) is 5.92 Å². The molecule has 202 valence electrons. The number of piperidine rings is 1. The van der Waals surface area contributed by atoms with Gasteiger partial charge in [-0.3, -0.25) is 9.59 Å². The zero-order valence-electron chi connectivity index (χ0n) is 21.5.